The van der Waals surface area contributed by atoms with Crippen molar-refractivity contribution < 1.29 is 0 Å². The van der Waals surface area contributed by atoms with Crippen LogP contribution in [-0.2, 0) is 0 Å². The van der Waals surface area contributed by atoms with Crippen LogP contribution in [0.5, 0.6) is 0 Å². The van der Waals surface area contributed by atoms with Crippen molar-refractivity contribution in [2.75, 3.05) is 0 Å². The van der Waals surface area contributed by atoms with Gasteiger partial charge in [0.15, 0.2) is 0 Å². The molecule has 0 aliphatic rings. The van der Waals surface area contributed by atoms with Crippen molar-refractivity contribution in [2.45, 2.75) is 6.92 Å². The predicted octanol–water partition coefficient (Wildman–Crippen LogP) is 14.3. The molecule has 11 rings (SSSR count). The fourth-order valence-electron chi connectivity index (χ4n) is 8.83. The highest BCUT2D eigenvalue weighted by Gasteiger charge is 2.18. The molecule has 0 atom stereocenters. The Morgan fingerprint density at radius 3 is 1.65 bits per heavy atom. The first-order valence-electron chi connectivity index (χ1n) is 19.0. The fraction of sp³-hybridized carbons (Fsp3) is 0.0189. The molecule has 0 amide bonds. The topological polar surface area (TPSA) is 9.86 Å². The molecule has 9 aromatic carbocycles. The Hall–Kier alpha value is -7.16. The number of hydrogen-bond acceptors (Lipinski definition) is 0. The molecule has 0 radical (unpaired) electrons. The van der Waals surface area contributed by atoms with Gasteiger partial charge in [0.1, 0.15) is 0 Å². The summed E-state index contributed by atoms with van der Waals surface area (Å²) in [6.45, 7) is 2.23. The summed E-state index contributed by atoms with van der Waals surface area (Å²) in [6.07, 6.45) is 0. The Bertz CT molecular complexity index is 3250. The van der Waals surface area contributed by atoms with Crippen LogP contribution >= 0.6 is 0 Å². The zero-order valence-electron chi connectivity index (χ0n) is 30.4. The molecular weight excluding hydrogens is 665 g/mol. The molecule has 0 spiro atoms. The highest BCUT2D eigenvalue weighted by Crippen LogP contribution is 2.40. The van der Waals surface area contributed by atoms with E-state index in [0.29, 0.717) is 0 Å². The Morgan fingerprint density at radius 1 is 0.309 bits per heavy atom. The molecule has 2 nitrogen and oxygen atoms in total. The lowest BCUT2D eigenvalue weighted by molar-refractivity contribution is 1.18. The van der Waals surface area contributed by atoms with Gasteiger partial charge in [-0.05, 0) is 106 Å². The molecule has 0 N–H and O–H groups in total. The maximum absolute atomic E-state index is 2.45. The monoisotopic (exact) mass is 700 g/mol. The molecule has 0 unspecified atom stereocenters. The van der Waals surface area contributed by atoms with Crippen LogP contribution in [0, 0.1) is 6.92 Å². The smallest absolute Gasteiger partial charge is 0.0544 e. The second kappa shape index (κ2) is 12.5. The third-order valence-corrected chi connectivity index (χ3v) is 11.4. The summed E-state index contributed by atoms with van der Waals surface area (Å²) in [5, 5.41) is 7.58. The van der Waals surface area contributed by atoms with E-state index in [1.54, 1.807) is 0 Å². The van der Waals surface area contributed by atoms with Crippen LogP contribution in [-0.4, -0.2) is 9.13 Å². The maximum atomic E-state index is 2.45. The molecule has 11 aromatic rings. The summed E-state index contributed by atoms with van der Waals surface area (Å²) in [7, 11) is 0. The molecule has 2 heterocycles. The van der Waals surface area contributed by atoms with Gasteiger partial charge in [0.2, 0.25) is 0 Å². The van der Waals surface area contributed by atoms with Crippen molar-refractivity contribution in [1.82, 2.24) is 9.13 Å². The van der Waals surface area contributed by atoms with E-state index < -0.39 is 0 Å². The van der Waals surface area contributed by atoms with Crippen molar-refractivity contribution in [3.8, 4) is 44.8 Å². The number of rotatable bonds is 5. The number of aromatic nitrogens is 2. The van der Waals surface area contributed by atoms with Gasteiger partial charge in [-0.15, -0.1) is 0 Å². The van der Waals surface area contributed by atoms with Crippen LogP contribution < -0.4 is 0 Å². The van der Waals surface area contributed by atoms with Gasteiger partial charge in [-0.25, -0.2) is 0 Å². The third kappa shape index (κ3) is 5.03. The molecule has 258 valence electrons. The van der Waals surface area contributed by atoms with E-state index in [1.807, 2.05) is 0 Å². The number of aryl methyl sites for hydroxylation is 1. The zero-order chi connectivity index (χ0) is 36.5. The van der Waals surface area contributed by atoms with E-state index in [2.05, 4.69) is 216 Å². The molecule has 0 aliphatic heterocycles. The minimum absolute atomic E-state index is 1.15. The summed E-state index contributed by atoms with van der Waals surface area (Å²) in [5.41, 5.74) is 15.8. The molecule has 2 heteroatoms. The summed E-state index contributed by atoms with van der Waals surface area (Å²) in [6, 6.07) is 73.2. The van der Waals surface area contributed by atoms with Crippen molar-refractivity contribution in [2.24, 2.45) is 0 Å². The SMILES string of the molecule is Cc1cccc2c1c1cc(-c3ccc4c(c3)c3ccccc3n4-c3cccc(-c4ccc(-c5ccccc5)cc4)c3)ccc1n2-c1cccc2ccccc12. The minimum Gasteiger partial charge on any atom is -0.309 e. The number of benzene rings is 9. The van der Waals surface area contributed by atoms with Gasteiger partial charge in [-0.2, -0.15) is 0 Å². The highest BCUT2D eigenvalue weighted by atomic mass is 15.0. The minimum atomic E-state index is 1.15. The number of hydrogen-bond donors (Lipinski definition) is 0. The predicted molar refractivity (Wildman–Crippen MR) is 234 cm³/mol. The van der Waals surface area contributed by atoms with Crippen LogP contribution in [0.1, 0.15) is 5.56 Å². The van der Waals surface area contributed by atoms with Crippen molar-refractivity contribution in [3.05, 3.63) is 206 Å². The van der Waals surface area contributed by atoms with Gasteiger partial charge in [-0.3, -0.25) is 0 Å². The molecule has 0 saturated carbocycles. The van der Waals surface area contributed by atoms with E-state index in [4.69, 9.17) is 0 Å². The Kier molecular flexibility index (Phi) is 7.11. The largest absolute Gasteiger partial charge is 0.309 e. The maximum Gasteiger partial charge on any atom is 0.0544 e. The summed E-state index contributed by atoms with van der Waals surface area (Å²) in [5.74, 6) is 0. The third-order valence-electron chi connectivity index (χ3n) is 11.4. The fourth-order valence-corrected chi connectivity index (χ4v) is 8.83. The van der Waals surface area contributed by atoms with Crippen LogP contribution in [0.2, 0.25) is 0 Å². The molecule has 0 aliphatic carbocycles. The second-order valence-corrected chi connectivity index (χ2v) is 14.6. The molecule has 2 aromatic heterocycles. The molecule has 0 fully saturated rings. The molecule has 0 saturated heterocycles. The zero-order valence-corrected chi connectivity index (χ0v) is 30.4. The Labute approximate surface area is 319 Å². The van der Waals surface area contributed by atoms with E-state index in [-0.39, 0.29) is 0 Å². The second-order valence-electron chi connectivity index (χ2n) is 14.6. The lowest BCUT2D eigenvalue weighted by atomic mass is 9.99. The first kappa shape index (κ1) is 31.4. The van der Waals surface area contributed by atoms with E-state index in [0.717, 1.165) is 5.69 Å². The molecular formula is C53H36N2. The summed E-state index contributed by atoms with van der Waals surface area (Å²) >= 11 is 0. The van der Waals surface area contributed by atoms with Gasteiger partial charge in [0, 0.05) is 32.6 Å². The quantitative estimate of drug-likeness (QED) is 0.169. The van der Waals surface area contributed by atoms with Crippen molar-refractivity contribution in [3.63, 3.8) is 0 Å². The summed E-state index contributed by atoms with van der Waals surface area (Å²) in [4.78, 5) is 0. The molecule has 55 heavy (non-hydrogen) atoms. The number of fused-ring (bicyclic) bond motifs is 7. The van der Waals surface area contributed by atoms with E-state index >= 15 is 0 Å². The number of para-hydroxylation sites is 1. The average Bonchev–Trinajstić information content (AvgIpc) is 3.77. The van der Waals surface area contributed by atoms with Gasteiger partial charge in [0.05, 0.1) is 27.8 Å². The highest BCUT2D eigenvalue weighted by molar-refractivity contribution is 6.14. The van der Waals surface area contributed by atoms with E-state index in [1.165, 1.54) is 99.0 Å². The van der Waals surface area contributed by atoms with Crippen molar-refractivity contribution >= 4 is 54.4 Å². The summed E-state index contributed by atoms with van der Waals surface area (Å²) < 4.78 is 4.87. The van der Waals surface area contributed by atoms with Gasteiger partial charge in [-0.1, -0.05) is 146 Å². The normalized spacial score (nSPS) is 11.7. The Morgan fingerprint density at radius 2 is 0.836 bits per heavy atom. The van der Waals surface area contributed by atoms with Crippen LogP contribution in [0.25, 0.3) is 99.1 Å². The first-order chi connectivity index (χ1) is 27.2. The Balaban J connectivity index is 1.04. The van der Waals surface area contributed by atoms with Crippen LogP contribution in [0.3, 0.4) is 0 Å². The van der Waals surface area contributed by atoms with Crippen molar-refractivity contribution in [1.29, 1.82) is 0 Å². The average molecular weight is 701 g/mol. The van der Waals surface area contributed by atoms with Gasteiger partial charge in [0.25, 0.3) is 0 Å². The van der Waals surface area contributed by atoms with Crippen LogP contribution in [0.15, 0.2) is 200 Å². The van der Waals surface area contributed by atoms with Gasteiger partial charge >= 0.3 is 0 Å². The van der Waals surface area contributed by atoms with Gasteiger partial charge < -0.3 is 9.13 Å². The first-order valence-corrected chi connectivity index (χ1v) is 19.0. The number of nitrogens with zero attached hydrogens (tertiary/aromatic N) is 2. The molecule has 0 bridgehead atoms. The standard InChI is InChI=1S/C53H36N2/c1-35-12-9-23-52-53(35)47-34-42(29-31-51(47)55(52)48-22-11-16-39-15-5-6-19-44(39)48)41-28-30-50-46(33-41)45-20-7-8-21-49(45)54(50)43-18-10-17-40(32-43)38-26-24-37(25-27-38)36-13-3-2-4-14-36/h2-34H,1H3. The lowest BCUT2D eigenvalue weighted by Gasteiger charge is -2.12. The van der Waals surface area contributed by atoms with Crippen LogP contribution in [0.4, 0.5) is 0 Å². The lowest BCUT2D eigenvalue weighted by Crippen LogP contribution is -1.95. The van der Waals surface area contributed by atoms with E-state index in [9.17, 15) is 0 Å².